The van der Waals surface area contributed by atoms with Gasteiger partial charge in [0.2, 0.25) is 0 Å². The molecule has 34 heavy (non-hydrogen) atoms. The minimum Gasteiger partial charge on any atom is -0.496 e. The second-order valence-electron chi connectivity index (χ2n) is 7.95. The number of halogens is 1. The number of ether oxygens (including phenoxy) is 2. The van der Waals surface area contributed by atoms with Gasteiger partial charge in [-0.2, -0.15) is 0 Å². The highest BCUT2D eigenvalue weighted by Gasteiger charge is 2.19. The normalized spacial score (nSPS) is 10.7. The van der Waals surface area contributed by atoms with Crippen LogP contribution in [-0.2, 0) is 6.61 Å². The molecule has 0 aliphatic heterocycles. The summed E-state index contributed by atoms with van der Waals surface area (Å²) < 4.78 is 11.5. The first-order chi connectivity index (χ1) is 16.5. The molecule has 4 aromatic rings. The molecule has 0 bridgehead atoms. The fraction of sp³-hybridized carbons (Fsp3) is 0.138. The molecular formula is C29H26ClNO3. The van der Waals surface area contributed by atoms with Crippen LogP contribution < -0.4 is 14.8 Å². The van der Waals surface area contributed by atoms with Gasteiger partial charge in [0.1, 0.15) is 18.1 Å². The SMILES string of the molecule is COc1ccc(C(=O)NC(c2ccccc2)c2ccccc2)cc1COc1ccc(Cl)c(C)c1. The van der Waals surface area contributed by atoms with Crippen molar-refractivity contribution in [3.05, 3.63) is 130 Å². The molecule has 4 nitrogen and oxygen atoms in total. The summed E-state index contributed by atoms with van der Waals surface area (Å²) in [5.74, 6) is 1.18. The third-order valence-electron chi connectivity index (χ3n) is 5.61. The number of methoxy groups -OCH3 is 1. The Hall–Kier alpha value is -3.76. The first-order valence-electron chi connectivity index (χ1n) is 11.0. The average molecular weight is 472 g/mol. The van der Waals surface area contributed by atoms with E-state index in [1.54, 1.807) is 25.3 Å². The van der Waals surface area contributed by atoms with Crippen molar-refractivity contribution < 1.29 is 14.3 Å². The molecule has 0 atom stereocenters. The zero-order chi connectivity index (χ0) is 23.9. The number of aryl methyl sites for hydroxylation is 1. The Morgan fingerprint density at radius 2 is 1.53 bits per heavy atom. The monoisotopic (exact) mass is 471 g/mol. The van der Waals surface area contributed by atoms with E-state index in [-0.39, 0.29) is 18.6 Å². The van der Waals surface area contributed by atoms with E-state index in [9.17, 15) is 4.79 Å². The van der Waals surface area contributed by atoms with E-state index in [2.05, 4.69) is 5.32 Å². The van der Waals surface area contributed by atoms with Crippen LogP contribution in [0.25, 0.3) is 0 Å². The summed E-state index contributed by atoms with van der Waals surface area (Å²) in [6.45, 7) is 2.18. The number of amides is 1. The lowest BCUT2D eigenvalue weighted by atomic mass is 9.98. The Labute approximate surface area is 205 Å². The van der Waals surface area contributed by atoms with E-state index in [0.717, 1.165) is 22.3 Å². The van der Waals surface area contributed by atoms with E-state index in [1.165, 1.54) is 0 Å². The predicted molar refractivity (Wildman–Crippen MR) is 136 cm³/mol. The van der Waals surface area contributed by atoms with Crippen molar-refractivity contribution in [3.63, 3.8) is 0 Å². The van der Waals surface area contributed by atoms with Crippen molar-refractivity contribution in [3.8, 4) is 11.5 Å². The number of hydrogen-bond acceptors (Lipinski definition) is 3. The lowest BCUT2D eigenvalue weighted by Crippen LogP contribution is -2.29. The highest BCUT2D eigenvalue weighted by Crippen LogP contribution is 2.26. The Morgan fingerprint density at radius 3 is 2.12 bits per heavy atom. The average Bonchev–Trinajstić information content (AvgIpc) is 2.88. The topological polar surface area (TPSA) is 47.6 Å². The summed E-state index contributed by atoms with van der Waals surface area (Å²) in [5, 5.41) is 3.87. The number of carbonyl (C=O) groups is 1. The number of hydrogen-bond donors (Lipinski definition) is 1. The number of rotatable bonds is 8. The summed E-state index contributed by atoms with van der Waals surface area (Å²) in [6.07, 6.45) is 0. The van der Waals surface area contributed by atoms with Crippen LogP contribution in [0.2, 0.25) is 5.02 Å². The zero-order valence-corrected chi connectivity index (χ0v) is 19.9. The molecule has 0 heterocycles. The van der Waals surface area contributed by atoms with E-state index >= 15 is 0 Å². The Bertz CT molecular complexity index is 1220. The fourth-order valence-corrected chi connectivity index (χ4v) is 3.88. The second-order valence-corrected chi connectivity index (χ2v) is 8.36. The lowest BCUT2D eigenvalue weighted by molar-refractivity contribution is 0.0942. The van der Waals surface area contributed by atoms with Gasteiger partial charge in [-0.1, -0.05) is 72.3 Å². The Balaban J connectivity index is 1.56. The molecule has 0 fully saturated rings. The molecule has 1 amide bonds. The third kappa shape index (κ3) is 5.59. The minimum atomic E-state index is -0.270. The summed E-state index contributed by atoms with van der Waals surface area (Å²) in [5.41, 5.74) is 4.27. The van der Waals surface area contributed by atoms with Gasteiger partial charge in [0.15, 0.2) is 0 Å². The molecule has 4 aromatic carbocycles. The first kappa shape index (κ1) is 23.4. The largest absolute Gasteiger partial charge is 0.496 e. The summed E-state index contributed by atoms with van der Waals surface area (Å²) in [6, 6.07) is 30.5. The van der Waals surface area contributed by atoms with Gasteiger partial charge in [-0.05, 0) is 60.0 Å². The summed E-state index contributed by atoms with van der Waals surface area (Å²) in [4.78, 5) is 13.3. The molecule has 0 aliphatic carbocycles. The van der Waals surface area contributed by atoms with Crippen LogP contribution in [0.4, 0.5) is 0 Å². The predicted octanol–water partition coefficient (Wildman–Crippen LogP) is 6.76. The van der Waals surface area contributed by atoms with Gasteiger partial charge in [-0.15, -0.1) is 0 Å². The van der Waals surface area contributed by atoms with Gasteiger partial charge in [0.25, 0.3) is 5.91 Å². The highest BCUT2D eigenvalue weighted by molar-refractivity contribution is 6.31. The Morgan fingerprint density at radius 1 is 0.882 bits per heavy atom. The molecule has 5 heteroatoms. The molecule has 0 aromatic heterocycles. The van der Waals surface area contributed by atoms with Crippen LogP contribution in [-0.4, -0.2) is 13.0 Å². The molecule has 1 N–H and O–H groups in total. The van der Waals surface area contributed by atoms with Crippen LogP contribution in [0.5, 0.6) is 11.5 Å². The third-order valence-corrected chi connectivity index (χ3v) is 6.03. The summed E-state index contributed by atoms with van der Waals surface area (Å²) in [7, 11) is 1.60. The smallest absolute Gasteiger partial charge is 0.252 e. The van der Waals surface area contributed by atoms with E-state index < -0.39 is 0 Å². The van der Waals surface area contributed by atoms with Crippen molar-refractivity contribution in [1.82, 2.24) is 5.32 Å². The maximum absolute atomic E-state index is 13.3. The molecule has 0 radical (unpaired) electrons. The molecule has 4 rings (SSSR count). The Kier molecular flexibility index (Phi) is 7.51. The van der Waals surface area contributed by atoms with E-state index in [1.807, 2.05) is 85.8 Å². The standard InChI is InChI=1S/C29H26ClNO3/c1-20-17-25(14-15-26(20)30)34-19-24-18-23(13-16-27(24)33-2)29(32)31-28(21-9-5-3-6-10-21)22-11-7-4-8-12-22/h3-18,28H,19H2,1-2H3,(H,31,32). The molecule has 0 aliphatic rings. The quantitative estimate of drug-likeness (QED) is 0.309. The molecule has 0 saturated carbocycles. The van der Waals surface area contributed by atoms with Crippen molar-refractivity contribution in [2.24, 2.45) is 0 Å². The number of carbonyl (C=O) groups excluding carboxylic acids is 1. The van der Waals surface area contributed by atoms with Crippen LogP contribution in [0, 0.1) is 6.92 Å². The fourth-order valence-electron chi connectivity index (χ4n) is 3.77. The van der Waals surface area contributed by atoms with Crippen molar-refractivity contribution in [2.45, 2.75) is 19.6 Å². The number of benzene rings is 4. The van der Waals surface area contributed by atoms with Crippen LogP contribution in [0.15, 0.2) is 97.1 Å². The maximum atomic E-state index is 13.3. The first-order valence-corrected chi connectivity index (χ1v) is 11.4. The van der Waals surface area contributed by atoms with E-state index in [0.29, 0.717) is 22.1 Å². The zero-order valence-electron chi connectivity index (χ0n) is 19.1. The van der Waals surface area contributed by atoms with Gasteiger partial charge >= 0.3 is 0 Å². The minimum absolute atomic E-state index is 0.177. The van der Waals surface area contributed by atoms with Gasteiger partial charge in [0.05, 0.1) is 13.2 Å². The summed E-state index contributed by atoms with van der Waals surface area (Å²) >= 11 is 6.11. The highest BCUT2D eigenvalue weighted by atomic mass is 35.5. The lowest BCUT2D eigenvalue weighted by Gasteiger charge is -2.20. The van der Waals surface area contributed by atoms with E-state index in [4.69, 9.17) is 21.1 Å². The number of nitrogens with one attached hydrogen (secondary N) is 1. The van der Waals surface area contributed by atoms with Crippen LogP contribution in [0.1, 0.15) is 38.7 Å². The van der Waals surface area contributed by atoms with Gasteiger partial charge < -0.3 is 14.8 Å². The maximum Gasteiger partial charge on any atom is 0.252 e. The van der Waals surface area contributed by atoms with Crippen molar-refractivity contribution >= 4 is 17.5 Å². The second kappa shape index (κ2) is 10.9. The molecular weight excluding hydrogens is 446 g/mol. The van der Waals surface area contributed by atoms with Crippen LogP contribution in [0.3, 0.4) is 0 Å². The van der Waals surface area contributed by atoms with Crippen molar-refractivity contribution in [1.29, 1.82) is 0 Å². The molecule has 0 unspecified atom stereocenters. The molecule has 0 saturated heterocycles. The van der Waals surface area contributed by atoms with Crippen LogP contribution >= 0.6 is 11.6 Å². The molecule has 172 valence electrons. The van der Waals surface area contributed by atoms with Gasteiger partial charge in [-0.25, -0.2) is 0 Å². The molecule has 0 spiro atoms. The van der Waals surface area contributed by atoms with Gasteiger partial charge in [-0.3, -0.25) is 4.79 Å². The van der Waals surface area contributed by atoms with Gasteiger partial charge in [0, 0.05) is 16.1 Å². The van der Waals surface area contributed by atoms with Crippen molar-refractivity contribution in [2.75, 3.05) is 7.11 Å².